The Hall–Kier alpha value is -1.55. The number of benzene rings is 1. The zero-order valence-electron chi connectivity index (χ0n) is 9.82. The molecule has 0 aromatic heterocycles. The first-order chi connectivity index (χ1) is 7.50. The van der Waals surface area contributed by atoms with E-state index in [2.05, 4.69) is 4.74 Å². The van der Waals surface area contributed by atoms with Crippen LogP contribution < -0.4 is 10.5 Å². The van der Waals surface area contributed by atoms with Gasteiger partial charge in [-0.3, -0.25) is 0 Å². The minimum absolute atomic E-state index is 0.364. The second kappa shape index (κ2) is 4.99. The Kier molecular flexibility index (Phi) is 3.90. The second-order valence-corrected chi connectivity index (χ2v) is 4.05. The summed E-state index contributed by atoms with van der Waals surface area (Å²) in [6.45, 7) is 4.09. The van der Waals surface area contributed by atoms with Crippen molar-refractivity contribution in [1.29, 1.82) is 0 Å². The standard InChI is InChI=1S/C12H17NO3/c1-12(2,8-13)16-10-7-5-4-6-9(10)11(14)15-3/h4-7H,8,13H2,1-3H3. The molecule has 0 fully saturated rings. The van der Waals surface area contributed by atoms with Crippen molar-refractivity contribution in [1.82, 2.24) is 0 Å². The Bertz CT molecular complexity index is 374. The highest BCUT2D eigenvalue weighted by Gasteiger charge is 2.21. The van der Waals surface area contributed by atoms with Gasteiger partial charge in [0.2, 0.25) is 0 Å². The third kappa shape index (κ3) is 2.97. The van der Waals surface area contributed by atoms with Gasteiger partial charge in [0.1, 0.15) is 16.9 Å². The molecule has 0 aliphatic carbocycles. The molecule has 1 aromatic rings. The topological polar surface area (TPSA) is 61.5 Å². The molecule has 0 atom stereocenters. The molecule has 4 nitrogen and oxygen atoms in total. The van der Waals surface area contributed by atoms with Gasteiger partial charge in [-0.2, -0.15) is 0 Å². The number of hydrogen-bond donors (Lipinski definition) is 1. The molecule has 0 aliphatic rings. The van der Waals surface area contributed by atoms with Crippen LogP contribution in [0.3, 0.4) is 0 Å². The molecule has 88 valence electrons. The van der Waals surface area contributed by atoms with Gasteiger partial charge >= 0.3 is 5.97 Å². The largest absolute Gasteiger partial charge is 0.486 e. The summed E-state index contributed by atoms with van der Waals surface area (Å²) in [6.07, 6.45) is 0. The molecule has 0 radical (unpaired) electrons. The van der Waals surface area contributed by atoms with Crippen molar-refractivity contribution in [2.75, 3.05) is 13.7 Å². The van der Waals surface area contributed by atoms with E-state index in [9.17, 15) is 4.79 Å². The Labute approximate surface area is 95.3 Å². The number of nitrogens with two attached hydrogens (primary N) is 1. The van der Waals surface area contributed by atoms with Crippen LogP contribution >= 0.6 is 0 Å². The van der Waals surface area contributed by atoms with E-state index in [4.69, 9.17) is 10.5 Å². The Morgan fingerprint density at radius 1 is 1.38 bits per heavy atom. The molecule has 2 N–H and O–H groups in total. The predicted octanol–water partition coefficient (Wildman–Crippen LogP) is 1.59. The van der Waals surface area contributed by atoms with E-state index in [1.165, 1.54) is 7.11 Å². The normalized spacial score (nSPS) is 11.0. The first-order valence-corrected chi connectivity index (χ1v) is 5.06. The molecule has 1 rings (SSSR count). The fourth-order valence-corrected chi connectivity index (χ4v) is 1.17. The Morgan fingerprint density at radius 2 is 2.00 bits per heavy atom. The van der Waals surface area contributed by atoms with E-state index in [1.807, 2.05) is 13.8 Å². The smallest absolute Gasteiger partial charge is 0.341 e. The van der Waals surface area contributed by atoms with Gasteiger partial charge in [-0.15, -0.1) is 0 Å². The lowest BCUT2D eigenvalue weighted by molar-refractivity contribution is 0.0583. The van der Waals surface area contributed by atoms with Crippen molar-refractivity contribution >= 4 is 5.97 Å². The fraction of sp³-hybridized carbons (Fsp3) is 0.417. The zero-order chi connectivity index (χ0) is 12.2. The maximum absolute atomic E-state index is 11.5. The lowest BCUT2D eigenvalue weighted by Crippen LogP contribution is -2.37. The molecule has 16 heavy (non-hydrogen) atoms. The number of rotatable bonds is 4. The fourth-order valence-electron chi connectivity index (χ4n) is 1.17. The molecular weight excluding hydrogens is 206 g/mol. The summed E-state index contributed by atoms with van der Waals surface area (Å²) in [5, 5.41) is 0. The van der Waals surface area contributed by atoms with Crippen molar-refractivity contribution < 1.29 is 14.3 Å². The van der Waals surface area contributed by atoms with E-state index in [0.717, 1.165) is 0 Å². The monoisotopic (exact) mass is 223 g/mol. The van der Waals surface area contributed by atoms with Crippen LogP contribution in [0.4, 0.5) is 0 Å². The zero-order valence-corrected chi connectivity index (χ0v) is 9.82. The minimum atomic E-state index is -0.510. The van der Waals surface area contributed by atoms with Crippen molar-refractivity contribution in [2.24, 2.45) is 5.73 Å². The Balaban J connectivity index is 3.00. The summed E-state index contributed by atoms with van der Waals surface area (Å²) in [5.74, 6) is 0.0771. The Morgan fingerprint density at radius 3 is 2.56 bits per heavy atom. The van der Waals surface area contributed by atoms with Crippen LogP contribution in [-0.2, 0) is 4.74 Å². The summed E-state index contributed by atoms with van der Waals surface area (Å²) < 4.78 is 10.4. The third-order valence-corrected chi connectivity index (χ3v) is 2.17. The second-order valence-electron chi connectivity index (χ2n) is 4.05. The lowest BCUT2D eigenvalue weighted by Gasteiger charge is -2.25. The molecule has 0 aliphatic heterocycles. The molecule has 0 saturated carbocycles. The molecule has 4 heteroatoms. The molecule has 0 spiro atoms. The van der Waals surface area contributed by atoms with Gasteiger partial charge in [-0.1, -0.05) is 12.1 Å². The molecule has 0 heterocycles. The number of carbonyl (C=O) groups is 1. The highest BCUT2D eigenvalue weighted by molar-refractivity contribution is 5.92. The van der Waals surface area contributed by atoms with Crippen molar-refractivity contribution in [3.8, 4) is 5.75 Å². The van der Waals surface area contributed by atoms with Gasteiger partial charge in [-0.05, 0) is 26.0 Å². The van der Waals surface area contributed by atoms with Crippen molar-refractivity contribution in [2.45, 2.75) is 19.4 Å². The molecule has 1 aromatic carbocycles. The van der Waals surface area contributed by atoms with Crippen LogP contribution in [0.15, 0.2) is 24.3 Å². The predicted molar refractivity (Wildman–Crippen MR) is 61.5 cm³/mol. The van der Waals surface area contributed by atoms with Gasteiger partial charge in [0.25, 0.3) is 0 Å². The average molecular weight is 223 g/mol. The van der Waals surface area contributed by atoms with E-state index in [0.29, 0.717) is 17.9 Å². The first kappa shape index (κ1) is 12.5. The van der Waals surface area contributed by atoms with Crippen LogP contribution in [0.5, 0.6) is 5.75 Å². The number of ether oxygens (including phenoxy) is 2. The van der Waals surface area contributed by atoms with Gasteiger partial charge in [0.05, 0.1) is 7.11 Å². The van der Waals surface area contributed by atoms with E-state index < -0.39 is 11.6 Å². The number of esters is 1. The maximum Gasteiger partial charge on any atom is 0.341 e. The van der Waals surface area contributed by atoms with E-state index in [-0.39, 0.29) is 0 Å². The summed E-state index contributed by atoms with van der Waals surface area (Å²) in [7, 11) is 1.34. The summed E-state index contributed by atoms with van der Waals surface area (Å²) >= 11 is 0. The van der Waals surface area contributed by atoms with Gasteiger partial charge in [0.15, 0.2) is 0 Å². The number of carbonyl (C=O) groups excluding carboxylic acids is 1. The highest BCUT2D eigenvalue weighted by Crippen LogP contribution is 2.23. The summed E-state index contributed by atoms with van der Waals surface area (Å²) in [5.41, 5.74) is 5.47. The minimum Gasteiger partial charge on any atom is -0.486 e. The van der Waals surface area contributed by atoms with Crippen LogP contribution in [0.2, 0.25) is 0 Å². The molecular formula is C12H17NO3. The summed E-state index contributed by atoms with van der Waals surface area (Å²) in [6, 6.07) is 6.94. The molecule has 0 amide bonds. The van der Waals surface area contributed by atoms with Gasteiger partial charge in [0, 0.05) is 6.54 Å². The average Bonchev–Trinajstić information content (AvgIpc) is 2.28. The number of methoxy groups -OCH3 is 1. The molecule has 0 unspecified atom stereocenters. The van der Waals surface area contributed by atoms with E-state index in [1.54, 1.807) is 24.3 Å². The molecule has 0 bridgehead atoms. The van der Waals surface area contributed by atoms with E-state index >= 15 is 0 Å². The first-order valence-electron chi connectivity index (χ1n) is 5.06. The van der Waals surface area contributed by atoms with Crippen LogP contribution in [0.1, 0.15) is 24.2 Å². The summed E-state index contributed by atoms with van der Waals surface area (Å²) in [4.78, 5) is 11.5. The highest BCUT2D eigenvalue weighted by atomic mass is 16.5. The SMILES string of the molecule is COC(=O)c1ccccc1OC(C)(C)CN. The van der Waals surface area contributed by atoms with Crippen LogP contribution in [0, 0.1) is 0 Å². The quantitative estimate of drug-likeness (QED) is 0.787. The van der Waals surface area contributed by atoms with Crippen LogP contribution in [0.25, 0.3) is 0 Å². The number of para-hydroxylation sites is 1. The van der Waals surface area contributed by atoms with Gasteiger partial charge in [-0.25, -0.2) is 4.79 Å². The molecule has 0 saturated heterocycles. The van der Waals surface area contributed by atoms with Crippen molar-refractivity contribution in [3.63, 3.8) is 0 Å². The van der Waals surface area contributed by atoms with Crippen molar-refractivity contribution in [3.05, 3.63) is 29.8 Å². The van der Waals surface area contributed by atoms with Crippen LogP contribution in [-0.4, -0.2) is 25.2 Å². The number of hydrogen-bond acceptors (Lipinski definition) is 4. The van der Waals surface area contributed by atoms with Gasteiger partial charge < -0.3 is 15.2 Å². The third-order valence-electron chi connectivity index (χ3n) is 2.17. The lowest BCUT2D eigenvalue weighted by atomic mass is 10.1. The maximum atomic E-state index is 11.5.